The van der Waals surface area contributed by atoms with Crippen molar-refractivity contribution >= 4 is 23.3 Å². The molecular weight excluding hydrogens is 212 g/mol. The van der Waals surface area contributed by atoms with Crippen LogP contribution in [0.15, 0.2) is 47.0 Å². The number of rotatable bonds is 2. The second-order valence-corrected chi connectivity index (χ2v) is 3.90. The number of para-hydroxylation sites is 2. The third kappa shape index (κ3) is 1.87. The first-order valence-electron chi connectivity index (χ1n) is 5.48. The molecule has 0 fully saturated rings. The van der Waals surface area contributed by atoms with Gasteiger partial charge in [0.25, 0.3) is 0 Å². The van der Waals surface area contributed by atoms with Gasteiger partial charge in [-0.1, -0.05) is 12.1 Å². The molecule has 0 saturated heterocycles. The van der Waals surface area contributed by atoms with Crippen molar-refractivity contribution in [1.29, 1.82) is 0 Å². The van der Waals surface area contributed by atoms with Gasteiger partial charge in [-0.25, -0.2) is 4.98 Å². The van der Waals surface area contributed by atoms with Crippen molar-refractivity contribution < 1.29 is 4.42 Å². The van der Waals surface area contributed by atoms with Crippen LogP contribution in [0.4, 0.5) is 0 Å². The molecule has 3 rings (SSSR count). The number of nitrogens with zero attached hydrogens (tertiary/aromatic N) is 2. The van der Waals surface area contributed by atoms with E-state index in [4.69, 9.17) is 4.42 Å². The van der Waals surface area contributed by atoms with Gasteiger partial charge in [-0.05, 0) is 30.3 Å². The van der Waals surface area contributed by atoms with Crippen LogP contribution in [-0.4, -0.2) is 9.55 Å². The molecule has 1 aromatic carbocycles. The summed E-state index contributed by atoms with van der Waals surface area (Å²) in [5.41, 5.74) is 2.82. The van der Waals surface area contributed by atoms with Crippen LogP contribution in [0.1, 0.15) is 11.6 Å². The molecule has 3 heteroatoms. The second-order valence-electron chi connectivity index (χ2n) is 3.90. The lowest BCUT2D eigenvalue weighted by atomic mass is 10.3. The minimum atomic E-state index is 0.632. The van der Waals surface area contributed by atoms with Gasteiger partial charge in [0.05, 0.1) is 0 Å². The van der Waals surface area contributed by atoms with Crippen LogP contribution in [0.25, 0.3) is 23.3 Å². The Labute approximate surface area is 99.0 Å². The van der Waals surface area contributed by atoms with Gasteiger partial charge in [-0.3, -0.25) is 0 Å². The number of hydrogen-bond donors (Lipinski definition) is 0. The third-order valence-corrected chi connectivity index (χ3v) is 2.69. The molecule has 3 aromatic rings. The largest absolute Gasteiger partial charge is 0.437 e. The molecule has 0 aliphatic heterocycles. The molecule has 84 valence electrons. The smallest absolute Gasteiger partial charge is 0.220 e. The SMILES string of the molecule is Cn1cccc1C=Cc1nc2ccccc2o1. The van der Waals surface area contributed by atoms with Crippen molar-refractivity contribution in [2.45, 2.75) is 0 Å². The molecule has 0 unspecified atom stereocenters. The first kappa shape index (κ1) is 9.90. The summed E-state index contributed by atoms with van der Waals surface area (Å²) in [5, 5.41) is 0. The molecule has 0 N–H and O–H groups in total. The van der Waals surface area contributed by atoms with Gasteiger partial charge in [0.1, 0.15) is 5.52 Å². The highest BCUT2D eigenvalue weighted by Gasteiger charge is 2.01. The first-order chi connectivity index (χ1) is 8.33. The maximum Gasteiger partial charge on any atom is 0.220 e. The van der Waals surface area contributed by atoms with Crippen LogP contribution in [0.5, 0.6) is 0 Å². The maximum absolute atomic E-state index is 5.60. The molecule has 0 spiro atoms. The average Bonchev–Trinajstić information content (AvgIpc) is 2.92. The summed E-state index contributed by atoms with van der Waals surface area (Å²) in [5.74, 6) is 0.632. The van der Waals surface area contributed by atoms with Crippen molar-refractivity contribution in [3.05, 3.63) is 54.2 Å². The van der Waals surface area contributed by atoms with Crippen molar-refractivity contribution in [3.63, 3.8) is 0 Å². The maximum atomic E-state index is 5.60. The third-order valence-electron chi connectivity index (χ3n) is 2.69. The van der Waals surface area contributed by atoms with E-state index in [2.05, 4.69) is 4.98 Å². The Morgan fingerprint density at radius 3 is 2.76 bits per heavy atom. The second kappa shape index (κ2) is 3.94. The molecule has 0 amide bonds. The van der Waals surface area contributed by atoms with E-state index in [0.717, 1.165) is 16.8 Å². The summed E-state index contributed by atoms with van der Waals surface area (Å²) in [6.45, 7) is 0. The minimum absolute atomic E-state index is 0.632. The molecule has 0 bridgehead atoms. The zero-order chi connectivity index (χ0) is 11.7. The minimum Gasteiger partial charge on any atom is -0.437 e. The summed E-state index contributed by atoms with van der Waals surface area (Å²) in [4.78, 5) is 4.38. The molecule has 0 radical (unpaired) electrons. The lowest BCUT2D eigenvalue weighted by molar-refractivity contribution is 0.589. The fourth-order valence-electron chi connectivity index (χ4n) is 1.77. The van der Waals surface area contributed by atoms with E-state index in [1.165, 1.54) is 0 Å². The molecule has 3 nitrogen and oxygen atoms in total. The van der Waals surface area contributed by atoms with E-state index in [1.54, 1.807) is 0 Å². The number of hydrogen-bond acceptors (Lipinski definition) is 2. The van der Waals surface area contributed by atoms with Gasteiger partial charge in [-0.2, -0.15) is 0 Å². The van der Waals surface area contributed by atoms with Crippen LogP contribution in [0.2, 0.25) is 0 Å². The van der Waals surface area contributed by atoms with Crippen LogP contribution in [0.3, 0.4) is 0 Å². The number of fused-ring (bicyclic) bond motifs is 1. The van der Waals surface area contributed by atoms with Gasteiger partial charge in [0.2, 0.25) is 5.89 Å². The summed E-state index contributed by atoms with van der Waals surface area (Å²) in [7, 11) is 2.01. The topological polar surface area (TPSA) is 31.0 Å². The van der Waals surface area contributed by atoms with Crippen molar-refractivity contribution in [1.82, 2.24) is 9.55 Å². The number of aryl methyl sites for hydroxylation is 1. The monoisotopic (exact) mass is 224 g/mol. The highest BCUT2D eigenvalue weighted by atomic mass is 16.3. The Balaban J connectivity index is 1.95. The van der Waals surface area contributed by atoms with Crippen LogP contribution >= 0.6 is 0 Å². The molecular formula is C14H12N2O. The normalized spacial score (nSPS) is 11.6. The predicted molar refractivity (Wildman–Crippen MR) is 68.4 cm³/mol. The fraction of sp³-hybridized carbons (Fsp3) is 0.0714. The standard InChI is InChI=1S/C14H12N2O/c1-16-10-4-5-11(16)8-9-14-15-12-6-2-3-7-13(12)17-14/h2-10H,1H3. The van der Waals surface area contributed by atoms with Gasteiger partial charge in [0.15, 0.2) is 5.58 Å². The van der Waals surface area contributed by atoms with E-state index in [-0.39, 0.29) is 0 Å². The highest BCUT2D eigenvalue weighted by molar-refractivity contribution is 5.75. The van der Waals surface area contributed by atoms with E-state index < -0.39 is 0 Å². The molecule has 2 aromatic heterocycles. The van der Waals surface area contributed by atoms with Gasteiger partial charge >= 0.3 is 0 Å². The van der Waals surface area contributed by atoms with E-state index in [9.17, 15) is 0 Å². The Morgan fingerprint density at radius 1 is 1.12 bits per heavy atom. The number of benzene rings is 1. The Morgan fingerprint density at radius 2 is 2.00 bits per heavy atom. The Hall–Kier alpha value is -2.29. The van der Waals surface area contributed by atoms with Crippen molar-refractivity contribution in [2.24, 2.45) is 7.05 Å². The van der Waals surface area contributed by atoms with E-state index in [0.29, 0.717) is 5.89 Å². The Kier molecular flexibility index (Phi) is 2.29. The lowest BCUT2D eigenvalue weighted by Crippen LogP contribution is -1.86. The summed E-state index contributed by atoms with van der Waals surface area (Å²) in [6, 6.07) is 11.8. The summed E-state index contributed by atoms with van der Waals surface area (Å²) < 4.78 is 7.64. The molecule has 17 heavy (non-hydrogen) atoms. The van der Waals surface area contributed by atoms with Crippen LogP contribution in [0, 0.1) is 0 Å². The number of oxazole rings is 1. The Bertz CT molecular complexity index is 643. The fourth-order valence-corrected chi connectivity index (χ4v) is 1.77. The van der Waals surface area contributed by atoms with Crippen molar-refractivity contribution in [3.8, 4) is 0 Å². The number of aromatic nitrogens is 2. The summed E-state index contributed by atoms with van der Waals surface area (Å²) >= 11 is 0. The first-order valence-corrected chi connectivity index (χ1v) is 5.48. The molecule has 0 aliphatic carbocycles. The van der Waals surface area contributed by atoms with E-state index in [1.807, 2.05) is 66.4 Å². The molecule has 0 atom stereocenters. The van der Waals surface area contributed by atoms with Gasteiger partial charge < -0.3 is 8.98 Å². The summed E-state index contributed by atoms with van der Waals surface area (Å²) in [6.07, 6.45) is 5.88. The quantitative estimate of drug-likeness (QED) is 0.668. The zero-order valence-corrected chi connectivity index (χ0v) is 9.50. The lowest BCUT2D eigenvalue weighted by Gasteiger charge is -1.93. The highest BCUT2D eigenvalue weighted by Crippen LogP contribution is 2.16. The van der Waals surface area contributed by atoms with Gasteiger partial charge in [0, 0.05) is 25.0 Å². The predicted octanol–water partition coefficient (Wildman–Crippen LogP) is 3.34. The molecule has 0 saturated carbocycles. The average molecular weight is 224 g/mol. The van der Waals surface area contributed by atoms with Gasteiger partial charge in [-0.15, -0.1) is 0 Å². The van der Waals surface area contributed by atoms with E-state index >= 15 is 0 Å². The van der Waals surface area contributed by atoms with Crippen LogP contribution in [-0.2, 0) is 7.05 Å². The molecule has 0 aliphatic rings. The van der Waals surface area contributed by atoms with Crippen molar-refractivity contribution in [2.75, 3.05) is 0 Å². The molecule has 2 heterocycles. The zero-order valence-electron chi connectivity index (χ0n) is 9.50. The van der Waals surface area contributed by atoms with Crippen LogP contribution < -0.4 is 0 Å².